The largest absolute Gasteiger partial charge is 0.378 e. The molecule has 2 saturated heterocycles. The quantitative estimate of drug-likeness (QED) is 0.901. The zero-order valence-electron chi connectivity index (χ0n) is 15.0. The molecule has 3 heterocycles. The zero-order chi connectivity index (χ0) is 17.9. The van der Waals surface area contributed by atoms with Gasteiger partial charge in [-0.25, -0.2) is 0 Å². The fourth-order valence-corrected chi connectivity index (χ4v) is 3.53. The number of hydrogen-bond acceptors (Lipinski definition) is 6. The Hall–Kier alpha value is -2.38. The highest BCUT2D eigenvalue weighted by atomic mass is 16.5. The van der Waals surface area contributed by atoms with Crippen molar-refractivity contribution in [3.8, 4) is 11.3 Å². The number of morpholine rings is 1. The maximum absolute atomic E-state index is 13.4. The number of amides is 1. The maximum Gasteiger partial charge on any atom is 0.261 e. The highest BCUT2D eigenvalue weighted by molar-refractivity contribution is 6.04. The summed E-state index contributed by atoms with van der Waals surface area (Å²) in [6.07, 6.45) is 0. The molecule has 0 radical (unpaired) electrons. The van der Waals surface area contributed by atoms with Crippen molar-refractivity contribution >= 4 is 11.7 Å². The van der Waals surface area contributed by atoms with Gasteiger partial charge in [0.2, 0.25) is 0 Å². The Bertz CT molecular complexity index is 755. The van der Waals surface area contributed by atoms with Gasteiger partial charge in [0.25, 0.3) is 5.91 Å². The van der Waals surface area contributed by atoms with Gasteiger partial charge in [-0.2, -0.15) is 0 Å². The Morgan fingerprint density at radius 1 is 1.19 bits per heavy atom. The van der Waals surface area contributed by atoms with Gasteiger partial charge in [-0.3, -0.25) is 4.79 Å². The fraction of sp³-hybridized carbons (Fsp3) is 0.474. The van der Waals surface area contributed by atoms with E-state index in [1.807, 2.05) is 35.2 Å². The van der Waals surface area contributed by atoms with E-state index in [0.717, 1.165) is 12.1 Å². The first-order valence-corrected chi connectivity index (χ1v) is 9.14. The Morgan fingerprint density at radius 3 is 2.69 bits per heavy atom. The van der Waals surface area contributed by atoms with Crippen LogP contribution in [0.3, 0.4) is 0 Å². The molecular formula is C19H24N4O3. The summed E-state index contributed by atoms with van der Waals surface area (Å²) in [4.78, 5) is 17.4. The molecule has 2 fully saturated rings. The molecule has 7 nitrogen and oxygen atoms in total. The van der Waals surface area contributed by atoms with Gasteiger partial charge in [0.05, 0.1) is 13.2 Å². The monoisotopic (exact) mass is 356 g/mol. The van der Waals surface area contributed by atoms with Gasteiger partial charge in [-0.05, 0) is 6.92 Å². The van der Waals surface area contributed by atoms with Gasteiger partial charge < -0.3 is 24.4 Å². The molecule has 7 heteroatoms. The lowest BCUT2D eigenvalue weighted by atomic mass is 10.1. The molecule has 0 spiro atoms. The third-order valence-electron chi connectivity index (χ3n) is 4.89. The molecule has 0 bridgehead atoms. The van der Waals surface area contributed by atoms with Gasteiger partial charge in [-0.15, -0.1) is 0 Å². The standard InChI is InChI=1S/C19H24N4O3/c1-14-13-23(8-7-20-14)19(24)16-17(15-5-3-2-4-6-15)26-21-18(16)22-9-11-25-12-10-22/h2-6,14,20H,7-13H2,1H3. The molecule has 2 aliphatic heterocycles. The van der Waals surface area contributed by atoms with Gasteiger partial charge in [0.15, 0.2) is 11.6 Å². The van der Waals surface area contributed by atoms with E-state index in [1.54, 1.807) is 0 Å². The minimum absolute atomic E-state index is 0.0139. The van der Waals surface area contributed by atoms with Crippen LogP contribution in [-0.4, -0.2) is 67.9 Å². The van der Waals surface area contributed by atoms with Crippen LogP contribution in [0.25, 0.3) is 11.3 Å². The minimum Gasteiger partial charge on any atom is -0.378 e. The molecule has 0 saturated carbocycles. The lowest BCUT2D eigenvalue weighted by Crippen LogP contribution is -2.51. The number of carbonyl (C=O) groups is 1. The smallest absolute Gasteiger partial charge is 0.261 e. The SMILES string of the molecule is CC1CN(C(=O)c2c(N3CCOCC3)noc2-c2ccccc2)CCN1. The summed E-state index contributed by atoms with van der Waals surface area (Å²) in [6.45, 7) is 6.93. The van der Waals surface area contributed by atoms with Crippen molar-refractivity contribution in [2.75, 3.05) is 50.8 Å². The van der Waals surface area contributed by atoms with Crippen molar-refractivity contribution in [1.82, 2.24) is 15.4 Å². The number of nitrogens with zero attached hydrogens (tertiary/aromatic N) is 3. The lowest BCUT2D eigenvalue weighted by Gasteiger charge is -2.33. The molecule has 2 aromatic rings. The number of aromatic nitrogens is 1. The average molecular weight is 356 g/mol. The molecule has 0 aliphatic carbocycles. The van der Waals surface area contributed by atoms with Crippen LogP contribution in [0.4, 0.5) is 5.82 Å². The highest BCUT2D eigenvalue weighted by Gasteiger charge is 2.32. The van der Waals surface area contributed by atoms with Crippen LogP contribution in [0.1, 0.15) is 17.3 Å². The van der Waals surface area contributed by atoms with Crippen molar-refractivity contribution in [3.63, 3.8) is 0 Å². The number of anilines is 1. The summed E-state index contributed by atoms with van der Waals surface area (Å²) in [5.41, 5.74) is 1.43. The second-order valence-electron chi connectivity index (χ2n) is 6.78. The molecule has 1 N–H and O–H groups in total. The first-order valence-electron chi connectivity index (χ1n) is 9.14. The van der Waals surface area contributed by atoms with E-state index >= 15 is 0 Å². The summed E-state index contributed by atoms with van der Waals surface area (Å²) in [5.74, 6) is 1.16. The summed E-state index contributed by atoms with van der Waals surface area (Å²) in [6, 6.07) is 9.99. The summed E-state index contributed by atoms with van der Waals surface area (Å²) >= 11 is 0. The molecule has 1 unspecified atom stereocenters. The number of hydrogen-bond donors (Lipinski definition) is 1. The van der Waals surface area contributed by atoms with Crippen molar-refractivity contribution in [2.24, 2.45) is 0 Å². The van der Waals surface area contributed by atoms with E-state index in [2.05, 4.69) is 22.3 Å². The van der Waals surface area contributed by atoms with E-state index in [0.29, 0.717) is 56.5 Å². The molecule has 1 atom stereocenters. The number of rotatable bonds is 3. The van der Waals surface area contributed by atoms with Crippen LogP contribution >= 0.6 is 0 Å². The molecule has 2 aliphatic rings. The fourth-order valence-electron chi connectivity index (χ4n) is 3.53. The van der Waals surface area contributed by atoms with Crippen LogP contribution in [0.5, 0.6) is 0 Å². The van der Waals surface area contributed by atoms with Gasteiger partial charge in [-0.1, -0.05) is 35.5 Å². The first-order chi connectivity index (χ1) is 12.7. The Balaban J connectivity index is 1.73. The molecule has 1 amide bonds. The Labute approximate surface area is 152 Å². The Kier molecular flexibility index (Phi) is 4.90. The number of benzene rings is 1. The van der Waals surface area contributed by atoms with Crippen molar-refractivity contribution in [3.05, 3.63) is 35.9 Å². The Morgan fingerprint density at radius 2 is 1.96 bits per heavy atom. The van der Waals surface area contributed by atoms with E-state index in [4.69, 9.17) is 9.26 Å². The molecule has 1 aromatic carbocycles. The van der Waals surface area contributed by atoms with Gasteiger partial charge >= 0.3 is 0 Å². The number of piperazine rings is 1. The third kappa shape index (κ3) is 3.32. The molecule has 4 rings (SSSR count). The second-order valence-corrected chi connectivity index (χ2v) is 6.78. The van der Waals surface area contributed by atoms with Gasteiger partial charge in [0, 0.05) is 44.3 Å². The van der Waals surface area contributed by atoms with E-state index in [-0.39, 0.29) is 11.9 Å². The summed E-state index contributed by atoms with van der Waals surface area (Å²) in [7, 11) is 0. The van der Waals surface area contributed by atoms with Crippen molar-refractivity contribution in [1.29, 1.82) is 0 Å². The minimum atomic E-state index is -0.0139. The summed E-state index contributed by atoms with van der Waals surface area (Å²) < 4.78 is 11.1. The van der Waals surface area contributed by atoms with Crippen molar-refractivity contribution in [2.45, 2.75) is 13.0 Å². The van der Waals surface area contributed by atoms with E-state index < -0.39 is 0 Å². The van der Waals surface area contributed by atoms with Crippen LogP contribution in [0.2, 0.25) is 0 Å². The highest BCUT2D eigenvalue weighted by Crippen LogP contribution is 2.33. The molecule has 138 valence electrons. The van der Waals surface area contributed by atoms with E-state index in [1.165, 1.54) is 0 Å². The number of ether oxygens (including phenoxy) is 1. The maximum atomic E-state index is 13.4. The normalized spacial score (nSPS) is 21.0. The lowest BCUT2D eigenvalue weighted by molar-refractivity contribution is 0.0709. The molecule has 1 aromatic heterocycles. The van der Waals surface area contributed by atoms with Crippen LogP contribution < -0.4 is 10.2 Å². The number of carbonyl (C=O) groups excluding carboxylic acids is 1. The van der Waals surface area contributed by atoms with Crippen molar-refractivity contribution < 1.29 is 14.1 Å². The number of nitrogens with one attached hydrogen (secondary N) is 1. The predicted octanol–water partition coefficient (Wildman–Crippen LogP) is 1.61. The van der Waals surface area contributed by atoms with Crippen LogP contribution in [0, 0.1) is 0 Å². The topological polar surface area (TPSA) is 70.8 Å². The average Bonchev–Trinajstić information content (AvgIpc) is 3.14. The van der Waals surface area contributed by atoms with Gasteiger partial charge in [0.1, 0.15) is 5.56 Å². The van der Waals surface area contributed by atoms with Crippen LogP contribution in [0.15, 0.2) is 34.9 Å². The first kappa shape index (κ1) is 17.1. The third-order valence-corrected chi connectivity index (χ3v) is 4.89. The van der Waals surface area contributed by atoms with E-state index in [9.17, 15) is 4.79 Å². The predicted molar refractivity (Wildman–Crippen MR) is 98.3 cm³/mol. The zero-order valence-corrected chi connectivity index (χ0v) is 15.0. The van der Waals surface area contributed by atoms with Crippen LogP contribution in [-0.2, 0) is 4.74 Å². The molecular weight excluding hydrogens is 332 g/mol. The molecule has 26 heavy (non-hydrogen) atoms. The second kappa shape index (κ2) is 7.47. The summed E-state index contributed by atoms with van der Waals surface area (Å²) in [5, 5.41) is 7.66.